The van der Waals surface area contributed by atoms with Crippen LogP contribution in [0.4, 0.5) is 24.7 Å². The lowest BCUT2D eigenvalue weighted by Gasteiger charge is -2.31. The number of hydrogen-bond donors (Lipinski definition) is 3. The molecule has 4 rings (SSSR count). The van der Waals surface area contributed by atoms with Crippen molar-refractivity contribution in [3.63, 3.8) is 0 Å². The number of carbonyl (C=O) groups excluding carboxylic acids is 2. The quantitative estimate of drug-likeness (QED) is 0.444. The lowest BCUT2D eigenvalue weighted by molar-refractivity contribution is -0.146. The molecule has 3 aromatic heterocycles. The lowest BCUT2D eigenvalue weighted by Crippen LogP contribution is -2.48. The van der Waals surface area contributed by atoms with Gasteiger partial charge in [-0.25, -0.2) is 4.98 Å². The van der Waals surface area contributed by atoms with E-state index in [0.29, 0.717) is 17.1 Å². The summed E-state index contributed by atoms with van der Waals surface area (Å²) in [5.74, 6) is -1.50. The molecule has 13 heteroatoms. The molecule has 0 aromatic carbocycles. The molecule has 1 saturated carbocycles. The number of alkyl halides is 3. The summed E-state index contributed by atoms with van der Waals surface area (Å²) < 4.78 is 43.9. The summed E-state index contributed by atoms with van der Waals surface area (Å²) in [7, 11) is 1.48. The molecule has 1 fully saturated rings. The highest BCUT2D eigenvalue weighted by Crippen LogP contribution is 2.36. The topological polar surface area (TPSA) is 139 Å². The fraction of sp³-hybridized carbons (Fsp3) is 0.381. The first-order valence-electron chi connectivity index (χ1n) is 10.4. The molecule has 0 aliphatic heterocycles. The second-order valence-corrected chi connectivity index (χ2v) is 8.00. The summed E-state index contributed by atoms with van der Waals surface area (Å²) >= 11 is 0. The normalized spacial score (nSPS) is 14.7. The van der Waals surface area contributed by atoms with Gasteiger partial charge >= 0.3 is 18.0 Å². The molecular weight excluding hydrogens is 455 g/mol. The number of rotatable bonds is 7. The summed E-state index contributed by atoms with van der Waals surface area (Å²) in [6.45, 7) is 0.00686. The molecule has 0 spiro atoms. The van der Waals surface area contributed by atoms with E-state index in [1.807, 2.05) is 0 Å². The Morgan fingerprint density at radius 2 is 2.03 bits per heavy atom. The average molecular weight is 477 g/mol. The number of amides is 2. The van der Waals surface area contributed by atoms with Gasteiger partial charge in [-0.15, -0.1) is 0 Å². The van der Waals surface area contributed by atoms with E-state index in [1.165, 1.54) is 30.5 Å². The largest absolute Gasteiger partial charge is 0.417 e. The van der Waals surface area contributed by atoms with E-state index >= 15 is 0 Å². The Balaban J connectivity index is 1.58. The van der Waals surface area contributed by atoms with Crippen molar-refractivity contribution in [1.29, 1.82) is 0 Å². The van der Waals surface area contributed by atoms with Gasteiger partial charge in [-0.3, -0.25) is 19.7 Å². The molecule has 2 amide bonds. The standard InChI is InChI=1S/C21H22F3N7O3/c1-34-10-16(11-2-3-11)31(9-13-5-4-12(6-26-13)21(22,23)24)20(33)19(32)29-15-8-27-18(25)14-7-28-30-17(14)15/h4-8,11,16H,2-3,9-10H2,1H3,(H2,25,27)(H,28,30)(H,29,32). The number of methoxy groups -OCH3 is 1. The minimum absolute atomic E-state index is 0.114. The Hall–Kier alpha value is -3.74. The number of pyridine rings is 2. The molecule has 3 aromatic rings. The third-order valence-corrected chi connectivity index (χ3v) is 5.61. The Kier molecular flexibility index (Phi) is 6.37. The molecule has 0 saturated heterocycles. The first-order chi connectivity index (χ1) is 16.2. The predicted octanol–water partition coefficient (Wildman–Crippen LogP) is 2.35. The molecule has 180 valence electrons. The smallest absolute Gasteiger partial charge is 0.383 e. The van der Waals surface area contributed by atoms with Gasteiger partial charge in [0.15, 0.2) is 0 Å². The highest BCUT2D eigenvalue weighted by Gasteiger charge is 2.40. The summed E-state index contributed by atoms with van der Waals surface area (Å²) in [6, 6.07) is 1.64. The maximum absolute atomic E-state index is 13.2. The third-order valence-electron chi connectivity index (χ3n) is 5.61. The molecule has 1 aliphatic carbocycles. The Morgan fingerprint density at radius 1 is 1.26 bits per heavy atom. The second kappa shape index (κ2) is 9.25. The van der Waals surface area contributed by atoms with E-state index in [9.17, 15) is 22.8 Å². The monoisotopic (exact) mass is 477 g/mol. The van der Waals surface area contributed by atoms with Crippen LogP contribution in [-0.4, -0.2) is 56.6 Å². The fourth-order valence-electron chi connectivity index (χ4n) is 3.69. The van der Waals surface area contributed by atoms with Gasteiger partial charge in [0.1, 0.15) is 5.82 Å². The second-order valence-electron chi connectivity index (χ2n) is 8.00. The zero-order chi connectivity index (χ0) is 24.5. The van der Waals surface area contributed by atoms with Crippen LogP contribution < -0.4 is 11.1 Å². The number of aromatic amines is 1. The van der Waals surface area contributed by atoms with Crippen LogP contribution in [0, 0.1) is 5.92 Å². The van der Waals surface area contributed by atoms with Crippen molar-refractivity contribution in [3.8, 4) is 0 Å². The summed E-state index contributed by atoms with van der Waals surface area (Å²) in [6.07, 6.45) is 0.608. The molecular formula is C21H22F3N7O3. The van der Waals surface area contributed by atoms with Crippen molar-refractivity contribution < 1.29 is 27.5 Å². The van der Waals surface area contributed by atoms with Crippen LogP contribution in [0.2, 0.25) is 0 Å². The molecule has 1 atom stereocenters. The first-order valence-corrected chi connectivity index (χ1v) is 10.4. The lowest BCUT2D eigenvalue weighted by atomic mass is 10.1. The van der Waals surface area contributed by atoms with Gasteiger partial charge in [0.2, 0.25) is 0 Å². The Labute approximate surface area is 191 Å². The van der Waals surface area contributed by atoms with Crippen molar-refractivity contribution in [2.45, 2.75) is 31.6 Å². The number of fused-ring (bicyclic) bond motifs is 1. The zero-order valence-corrected chi connectivity index (χ0v) is 18.1. The average Bonchev–Trinajstić information content (AvgIpc) is 3.52. The number of anilines is 2. The Morgan fingerprint density at radius 3 is 2.65 bits per heavy atom. The number of nitrogens with zero attached hydrogens (tertiary/aromatic N) is 4. The van der Waals surface area contributed by atoms with Gasteiger partial charge in [-0.05, 0) is 30.9 Å². The number of ether oxygens (including phenoxy) is 1. The number of nitrogen functional groups attached to an aromatic ring is 1. The summed E-state index contributed by atoms with van der Waals surface area (Å²) in [4.78, 5) is 35.3. The van der Waals surface area contributed by atoms with Crippen LogP contribution in [0.5, 0.6) is 0 Å². The van der Waals surface area contributed by atoms with E-state index in [1.54, 1.807) is 0 Å². The highest BCUT2D eigenvalue weighted by atomic mass is 19.4. The van der Waals surface area contributed by atoms with Crippen molar-refractivity contribution in [3.05, 3.63) is 42.0 Å². The van der Waals surface area contributed by atoms with Gasteiger partial charge in [-0.1, -0.05) is 0 Å². The zero-order valence-electron chi connectivity index (χ0n) is 18.1. The third kappa shape index (κ3) is 4.93. The molecule has 3 heterocycles. The first kappa shape index (κ1) is 23.4. The summed E-state index contributed by atoms with van der Waals surface area (Å²) in [5.41, 5.74) is 5.72. The molecule has 4 N–H and O–H groups in total. The molecule has 1 unspecified atom stereocenters. The number of hydrogen-bond acceptors (Lipinski definition) is 7. The maximum Gasteiger partial charge on any atom is 0.417 e. The van der Waals surface area contributed by atoms with Crippen LogP contribution in [0.1, 0.15) is 24.1 Å². The molecule has 0 radical (unpaired) electrons. The van der Waals surface area contributed by atoms with Gasteiger partial charge in [0.25, 0.3) is 0 Å². The SMILES string of the molecule is COCC(C1CC1)N(Cc1ccc(C(F)(F)F)cn1)C(=O)C(=O)Nc1cnc(N)c2cn[nH]c12. The maximum atomic E-state index is 13.2. The van der Waals surface area contributed by atoms with Crippen molar-refractivity contribution in [1.82, 2.24) is 25.1 Å². The Bertz CT molecular complexity index is 1190. The van der Waals surface area contributed by atoms with Crippen LogP contribution in [0.3, 0.4) is 0 Å². The number of aromatic nitrogens is 4. The number of nitrogens with one attached hydrogen (secondary N) is 2. The van der Waals surface area contributed by atoms with Gasteiger partial charge < -0.3 is 20.7 Å². The number of halogens is 3. The van der Waals surface area contributed by atoms with Crippen LogP contribution in [-0.2, 0) is 27.0 Å². The molecule has 10 nitrogen and oxygen atoms in total. The predicted molar refractivity (Wildman–Crippen MR) is 115 cm³/mol. The fourth-order valence-corrected chi connectivity index (χ4v) is 3.69. The van der Waals surface area contributed by atoms with E-state index < -0.39 is 29.6 Å². The minimum Gasteiger partial charge on any atom is -0.383 e. The van der Waals surface area contributed by atoms with Crippen molar-refractivity contribution in [2.75, 3.05) is 24.8 Å². The van der Waals surface area contributed by atoms with E-state index in [0.717, 1.165) is 18.9 Å². The van der Waals surface area contributed by atoms with E-state index in [2.05, 4.69) is 25.5 Å². The summed E-state index contributed by atoms with van der Waals surface area (Å²) in [5, 5.41) is 9.58. The van der Waals surface area contributed by atoms with Crippen LogP contribution in [0.15, 0.2) is 30.7 Å². The van der Waals surface area contributed by atoms with E-state index in [-0.39, 0.29) is 36.3 Å². The number of carbonyl (C=O) groups is 2. The van der Waals surface area contributed by atoms with Gasteiger partial charge in [-0.2, -0.15) is 18.3 Å². The van der Waals surface area contributed by atoms with Crippen molar-refractivity contribution in [2.24, 2.45) is 5.92 Å². The highest BCUT2D eigenvalue weighted by molar-refractivity contribution is 6.40. The number of nitrogens with two attached hydrogens (primary N) is 1. The minimum atomic E-state index is -4.53. The van der Waals surface area contributed by atoms with Crippen LogP contribution in [0.25, 0.3) is 10.9 Å². The molecule has 1 aliphatic rings. The van der Waals surface area contributed by atoms with E-state index in [4.69, 9.17) is 10.5 Å². The van der Waals surface area contributed by atoms with Crippen molar-refractivity contribution >= 4 is 34.2 Å². The molecule has 34 heavy (non-hydrogen) atoms. The number of H-pyrrole nitrogens is 1. The van der Waals surface area contributed by atoms with Crippen LogP contribution >= 0.6 is 0 Å². The molecule has 0 bridgehead atoms. The van der Waals surface area contributed by atoms with Gasteiger partial charge in [0, 0.05) is 13.3 Å². The van der Waals surface area contributed by atoms with Gasteiger partial charge in [0.05, 0.1) is 59.4 Å².